The third-order valence-corrected chi connectivity index (χ3v) is 8.87. The number of aromatic nitrogens is 1. The molecule has 2 nitrogen and oxygen atoms in total. The number of halogens is 2. The maximum atomic E-state index is 13.2. The Balaban J connectivity index is 1.46. The molecule has 4 aliphatic carbocycles. The van der Waals surface area contributed by atoms with Gasteiger partial charge in [0, 0.05) is 24.4 Å². The first-order valence-corrected chi connectivity index (χ1v) is 11.0. The molecule has 154 valence electrons. The third-order valence-electron chi connectivity index (χ3n) is 8.87. The number of hydrogen-bond donors (Lipinski definition) is 0. The van der Waals surface area contributed by atoms with Crippen LogP contribution in [0.5, 0.6) is 0 Å². The number of carbonyl (C=O) groups is 1. The fourth-order valence-electron chi connectivity index (χ4n) is 7.30. The highest BCUT2D eigenvalue weighted by Gasteiger charge is 2.57. The monoisotopic (exact) mass is 397 g/mol. The van der Waals surface area contributed by atoms with Crippen molar-refractivity contribution in [3.63, 3.8) is 0 Å². The van der Waals surface area contributed by atoms with Gasteiger partial charge in [0.1, 0.15) is 0 Å². The van der Waals surface area contributed by atoms with Crippen LogP contribution in [-0.4, -0.2) is 10.8 Å². The molecule has 2 fully saturated rings. The summed E-state index contributed by atoms with van der Waals surface area (Å²) in [6.45, 7) is 4.74. The van der Waals surface area contributed by atoms with Gasteiger partial charge < -0.3 is 0 Å². The van der Waals surface area contributed by atoms with Gasteiger partial charge in [0.05, 0.1) is 0 Å². The van der Waals surface area contributed by atoms with Crippen LogP contribution >= 0.6 is 0 Å². The molecule has 0 radical (unpaired) electrons. The van der Waals surface area contributed by atoms with Crippen molar-refractivity contribution in [3.05, 3.63) is 47.3 Å². The van der Waals surface area contributed by atoms with Crippen LogP contribution in [0.15, 0.2) is 36.2 Å². The van der Waals surface area contributed by atoms with E-state index in [0.717, 1.165) is 44.1 Å². The molecule has 4 heteroatoms. The van der Waals surface area contributed by atoms with Crippen molar-refractivity contribution in [1.82, 2.24) is 4.98 Å². The summed E-state index contributed by atoms with van der Waals surface area (Å²) in [7, 11) is 0. The van der Waals surface area contributed by atoms with Gasteiger partial charge in [-0.3, -0.25) is 9.78 Å². The Hall–Kier alpha value is -1.84. The molecule has 0 aromatic carbocycles. The van der Waals surface area contributed by atoms with E-state index in [1.54, 1.807) is 12.3 Å². The van der Waals surface area contributed by atoms with E-state index < -0.39 is 6.43 Å². The van der Waals surface area contributed by atoms with Crippen LogP contribution in [-0.2, 0) is 4.79 Å². The van der Waals surface area contributed by atoms with Crippen molar-refractivity contribution in [3.8, 4) is 0 Å². The van der Waals surface area contributed by atoms with Gasteiger partial charge in [-0.2, -0.15) is 0 Å². The van der Waals surface area contributed by atoms with E-state index in [9.17, 15) is 13.6 Å². The normalized spacial score (nSPS) is 38.8. The lowest BCUT2D eigenvalue weighted by atomic mass is 9.46. The number of carbonyl (C=O) groups excluding carboxylic acids is 1. The second-order valence-corrected chi connectivity index (χ2v) is 10.1. The van der Waals surface area contributed by atoms with Gasteiger partial charge in [-0.25, -0.2) is 8.78 Å². The molecule has 29 heavy (non-hydrogen) atoms. The Morgan fingerprint density at radius 3 is 2.69 bits per heavy atom. The first-order chi connectivity index (χ1) is 13.8. The van der Waals surface area contributed by atoms with E-state index in [2.05, 4.69) is 24.9 Å². The fourth-order valence-corrected chi connectivity index (χ4v) is 7.30. The Morgan fingerprint density at radius 2 is 1.90 bits per heavy atom. The van der Waals surface area contributed by atoms with Crippen LogP contribution in [0.25, 0.3) is 5.57 Å². The van der Waals surface area contributed by atoms with E-state index >= 15 is 0 Å². The highest BCUT2D eigenvalue weighted by molar-refractivity contribution is 5.91. The maximum Gasteiger partial charge on any atom is 0.265 e. The first-order valence-electron chi connectivity index (χ1n) is 11.0. The summed E-state index contributed by atoms with van der Waals surface area (Å²) in [5, 5.41) is 0. The quantitative estimate of drug-likeness (QED) is 0.567. The van der Waals surface area contributed by atoms with E-state index in [4.69, 9.17) is 0 Å². The number of ketones is 1. The number of alkyl halides is 2. The van der Waals surface area contributed by atoms with Crippen molar-refractivity contribution in [2.45, 2.75) is 65.2 Å². The predicted octanol–water partition coefficient (Wildman–Crippen LogP) is 6.54. The summed E-state index contributed by atoms with van der Waals surface area (Å²) < 4.78 is 26.4. The molecule has 4 aliphatic rings. The summed E-state index contributed by atoms with van der Waals surface area (Å²) in [4.78, 5) is 16.1. The lowest BCUT2D eigenvalue weighted by Gasteiger charge is -2.57. The maximum absolute atomic E-state index is 13.2. The van der Waals surface area contributed by atoms with Crippen LogP contribution in [0.1, 0.15) is 76.3 Å². The minimum absolute atomic E-state index is 0.0102. The number of hydrogen-bond acceptors (Lipinski definition) is 2. The van der Waals surface area contributed by atoms with E-state index in [-0.39, 0.29) is 16.4 Å². The zero-order valence-corrected chi connectivity index (χ0v) is 17.3. The number of allylic oxidation sites excluding steroid dienone is 4. The number of rotatable bonds is 2. The lowest BCUT2D eigenvalue weighted by molar-refractivity contribution is -0.117. The standard InChI is InChI=1S/C25H29F2NO/c1-24-9-7-18(29)12-17(24)3-4-19-21-6-5-20(25(21,2)10-8-22(19)24)15-11-16(23(26)27)14-28-13-15/h5,11-14,19,21-23H,3-4,6-10H2,1-2H3/t19-,21-,22-,24-,25+/m0/s1. The minimum atomic E-state index is -2.48. The van der Waals surface area contributed by atoms with Crippen LogP contribution in [0.2, 0.25) is 0 Å². The van der Waals surface area contributed by atoms with Gasteiger partial charge in [0.2, 0.25) is 0 Å². The molecule has 0 saturated heterocycles. The van der Waals surface area contributed by atoms with Crippen molar-refractivity contribution in [2.24, 2.45) is 28.6 Å². The largest absolute Gasteiger partial charge is 0.295 e. The first kappa shape index (κ1) is 19.1. The fraction of sp³-hybridized carbons (Fsp3) is 0.600. The van der Waals surface area contributed by atoms with Crippen molar-refractivity contribution in [2.75, 3.05) is 0 Å². The van der Waals surface area contributed by atoms with Crippen LogP contribution in [0.3, 0.4) is 0 Å². The molecule has 0 N–H and O–H groups in total. The minimum Gasteiger partial charge on any atom is -0.295 e. The zero-order valence-electron chi connectivity index (χ0n) is 17.3. The highest BCUT2D eigenvalue weighted by atomic mass is 19.3. The molecule has 1 aromatic heterocycles. The average molecular weight is 398 g/mol. The van der Waals surface area contributed by atoms with Gasteiger partial charge in [0.25, 0.3) is 6.43 Å². The molecule has 0 unspecified atom stereocenters. The van der Waals surface area contributed by atoms with Crippen LogP contribution in [0.4, 0.5) is 8.78 Å². The predicted molar refractivity (Wildman–Crippen MR) is 109 cm³/mol. The molecule has 0 bridgehead atoms. The molecule has 0 amide bonds. The zero-order chi connectivity index (χ0) is 20.4. The average Bonchev–Trinajstić information content (AvgIpc) is 3.06. The Kier molecular flexibility index (Phi) is 4.34. The van der Waals surface area contributed by atoms with Gasteiger partial charge in [-0.1, -0.05) is 25.5 Å². The molecular weight excluding hydrogens is 368 g/mol. The highest BCUT2D eigenvalue weighted by Crippen LogP contribution is 2.66. The molecule has 1 aromatic rings. The van der Waals surface area contributed by atoms with Gasteiger partial charge in [-0.05, 0) is 90.4 Å². The molecule has 5 rings (SSSR count). The Bertz CT molecular complexity index is 919. The van der Waals surface area contributed by atoms with Gasteiger partial charge >= 0.3 is 0 Å². The molecule has 0 spiro atoms. The van der Waals surface area contributed by atoms with Gasteiger partial charge in [-0.15, -0.1) is 0 Å². The summed E-state index contributed by atoms with van der Waals surface area (Å²) >= 11 is 0. The SMILES string of the molecule is C[C@]12CCC(=O)C=C1CC[C@@H]1[C@@H]2CC[C@]2(C)C(c3cncc(C(F)F)c3)=CC[C@@H]12. The number of pyridine rings is 1. The molecular formula is C25H29F2NO. The summed E-state index contributed by atoms with van der Waals surface area (Å²) in [5.74, 6) is 2.13. The lowest BCUT2D eigenvalue weighted by Crippen LogP contribution is -2.49. The third kappa shape index (κ3) is 2.78. The van der Waals surface area contributed by atoms with Crippen LogP contribution < -0.4 is 0 Å². The summed E-state index contributed by atoms with van der Waals surface area (Å²) in [6, 6.07) is 1.64. The van der Waals surface area contributed by atoms with E-state index in [1.165, 1.54) is 17.3 Å². The second-order valence-electron chi connectivity index (χ2n) is 10.1. The molecule has 2 saturated carbocycles. The Labute approximate surface area is 171 Å². The topological polar surface area (TPSA) is 30.0 Å². The van der Waals surface area contributed by atoms with Crippen molar-refractivity contribution >= 4 is 11.4 Å². The molecule has 0 aliphatic heterocycles. The Morgan fingerprint density at radius 1 is 1.07 bits per heavy atom. The summed E-state index contributed by atoms with van der Waals surface area (Å²) in [5.41, 5.74) is 3.69. The van der Waals surface area contributed by atoms with E-state index in [0.29, 0.717) is 30.0 Å². The molecule has 5 atom stereocenters. The number of fused-ring (bicyclic) bond motifs is 5. The summed E-state index contributed by atoms with van der Waals surface area (Å²) in [6.07, 6.45) is 11.9. The smallest absolute Gasteiger partial charge is 0.265 e. The van der Waals surface area contributed by atoms with Crippen molar-refractivity contribution in [1.29, 1.82) is 0 Å². The van der Waals surface area contributed by atoms with Gasteiger partial charge in [0.15, 0.2) is 5.78 Å². The number of nitrogens with zero attached hydrogens (tertiary/aromatic N) is 1. The van der Waals surface area contributed by atoms with Crippen molar-refractivity contribution < 1.29 is 13.6 Å². The second kappa shape index (κ2) is 6.58. The van der Waals surface area contributed by atoms with Crippen LogP contribution in [0, 0.1) is 28.6 Å². The molecule has 1 heterocycles. The van der Waals surface area contributed by atoms with E-state index in [1.807, 2.05) is 6.08 Å².